The van der Waals surface area contributed by atoms with E-state index in [4.69, 9.17) is 22.4 Å². The monoisotopic (exact) mass is 583 g/mol. The van der Waals surface area contributed by atoms with Crippen LogP contribution in [0.1, 0.15) is 103 Å². The van der Waals surface area contributed by atoms with E-state index in [0.29, 0.717) is 6.42 Å². The average molecular weight is 584 g/mol. The lowest BCUT2D eigenvalue weighted by Gasteiger charge is -2.14. The third-order valence-corrected chi connectivity index (χ3v) is 6.41. The maximum absolute atomic E-state index is 12.2. The number of hydrogen-bond acceptors (Lipinski definition) is 9. The summed E-state index contributed by atoms with van der Waals surface area (Å²) in [6.07, 6.45) is 14.1. The van der Waals surface area contributed by atoms with Crippen LogP contribution < -0.4 is 27.9 Å². The number of carbonyl (C=O) groups excluding carboxylic acids is 3. The predicted molar refractivity (Wildman–Crippen MR) is 156 cm³/mol. The highest BCUT2D eigenvalue weighted by Crippen LogP contribution is 2.13. The Hall–Kier alpha value is -3.55. The molecule has 0 saturated heterocycles. The number of unbranched alkanes of at least 4 members (excludes halogenated alkanes) is 11. The van der Waals surface area contributed by atoms with Gasteiger partial charge < -0.3 is 38.2 Å². The summed E-state index contributed by atoms with van der Waals surface area (Å²) in [7, 11) is 0. The molecule has 0 aliphatic rings. The fourth-order valence-corrected chi connectivity index (χ4v) is 4.05. The number of aliphatic carboxylic acids is 2. The molecule has 0 spiro atoms. The second kappa shape index (κ2) is 24.3. The smallest absolute Gasteiger partial charge is 0.326 e. The first-order chi connectivity index (χ1) is 19.6. The lowest BCUT2D eigenvalue weighted by molar-refractivity contribution is -0.142. The zero-order valence-electron chi connectivity index (χ0n) is 24.0. The fourth-order valence-electron chi connectivity index (χ4n) is 4.05. The van der Waals surface area contributed by atoms with E-state index in [1.807, 2.05) is 0 Å². The first-order valence-corrected chi connectivity index (χ1v) is 14.4. The summed E-state index contributed by atoms with van der Waals surface area (Å²) in [5.74, 6) is 1.72. The molecule has 0 aromatic carbocycles. The molecule has 14 heteroatoms. The van der Waals surface area contributed by atoms with Gasteiger partial charge in [-0.3, -0.25) is 24.2 Å². The van der Waals surface area contributed by atoms with Gasteiger partial charge in [0.25, 0.3) is 0 Å². The van der Waals surface area contributed by atoms with E-state index in [2.05, 4.69) is 20.7 Å². The van der Waals surface area contributed by atoms with Gasteiger partial charge >= 0.3 is 11.9 Å². The van der Waals surface area contributed by atoms with E-state index in [1.165, 1.54) is 25.5 Å². The SMILES string of the molecule is NCC(=O)N[C@@H](CC(C=NCC[C@H](NC(=O)CCCCCCCCCCCCCCC(=O)O)C(=O)O)=NN)C(N)=O. The lowest BCUT2D eigenvalue weighted by atomic mass is 10.0. The average Bonchev–Trinajstić information content (AvgIpc) is 2.92. The molecule has 0 unspecified atom stereocenters. The highest BCUT2D eigenvalue weighted by atomic mass is 16.4. The minimum Gasteiger partial charge on any atom is -0.481 e. The maximum atomic E-state index is 12.2. The molecule has 0 aliphatic heterocycles. The lowest BCUT2D eigenvalue weighted by Crippen LogP contribution is -2.47. The summed E-state index contributed by atoms with van der Waals surface area (Å²) in [5.41, 5.74) is 10.6. The first kappa shape index (κ1) is 37.5. The molecule has 234 valence electrons. The molecule has 41 heavy (non-hydrogen) atoms. The van der Waals surface area contributed by atoms with Gasteiger partial charge in [0.2, 0.25) is 17.7 Å². The predicted octanol–water partition coefficient (Wildman–Crippen LogP) is 1.20. The normalized spacial score (nSPS) is 13.0. The summed E-state index contributed by atoms with van der Waals surface area (Å²) in [4.78, 5) is 61.3. The van der Waals surface area contributed by atoms with Crippen molar-refractivity contribution in [3.05, 3.63) is 0 Å². The van der Waals surface area contributed by atoms with Gasteiger partial charge in [0.15, 0.2) is 0 Å². The molecule has 2 atom stereocenters. The summed E-state index contributed by atoms with van der Waals surface area (Å²) in [5, 5.41) is 26.4. The van der Waals surface area contributed by atoms with Gasteiger partial charge in [-0.25, -0.2) is 4.79 Å². The number of carbonyl (C=O) groups is 5. The van der Waals surface area contributed by atoms with Crippen LogP contribution >= 0.6 is 0 Å². The van der Waals surface area contributed by atoms with E-state index in [-0.39, 0.29) is 50.4 Å². The molecular weight excluding hydrogens is 534 g/mol. The van der Waals surface area contributed by atoms with E-state index in [0.717, 1.165) is 51.4 Å². The van der Waals surface area contributed by atoms with Crippen molar-refractivity contribution >= 4 is 41.6 Å². The first-order valence-electron chi connectivity index (χ1n) is 14.4. The van der Waals surface area contributed by atoms with E-state index >= 15 is 0 Å². The van der Waals surface area contributed by atoms with Crippen molar-refractivity contribution in [1.29, 1.82) is 0 Å². The molecule has 0 rings (SSSR count). The molecule has 14 nitrogen and oxygen atoms in total. The maximum Gasteiger partial charge on any atom is 0.326 e. The van der Waals surface area contributed by atoms with Crippen molar-refractivity contribution in [3.63, 3.8) is 0 Å². The number of hydrogen-bond donors (Lipinski definition) is 7. The van der Waals surface area contributed by atoms with Crippen LogP contribution in [0.5, 0.6) is 0 Å². The van der Waals surface area contributed by atoms with Crippen LogP contribution in [-0.2, 0) is 24.0 Å². The molecule has 0 bridgehead atoms. The van der Waals surface area contributed by atoms with Crippen LogP contribution in [0.2, 0.25) is 0 Å². The molecule has 3 amide bonds. The number of amides is 3. The molecule has 0 aliphatic carbocycles. The fraction of sp³-hybridized carbons (Fsp3) is 0.741. The standard InChI is InChI=1S/C27H49N7O7/c28-18-24(36)33-22(26(29)39)17-20(34-30)19-31-16-15-21(27(40)41)32-23(35)13-11-9-7-5-3-1-2-4-6-8-10-12-14-25(37)38/h19,21-22H,1-18,28,30H2,(H2,29,39)(H,32,35)(H,33,36)(H,37,38)(H,40,41)/t21-,22-/m0/s1. The van der Waals surface area contributed by atoms with Gasteiger partial charge in [0.05, 0.1) is 12.3 Å². The number of nitrogens with zero attached hydrogens (tertiary/aromatic N) is 2. The molecule has 0 fully saturated rings. The zero-order valence-corrected chi connectivity index (χ0v) is 24.0. The largest absolute Gasteiger partial charge is 0.481 e. The van der Waals surface area contributed by atoms with Crippen LogP contribution in [0.4, 0.5) is 0 Å². The van der Waals surface area contributed by atoms with Crippen LogP contribution in [0.3, 0.4) is 0 Å². The number of nitrogens with one attached hydrogen (secondary N) is 2. The van der Waals surface area contributed by atoms with Crippen molar-refractivity contribution < 1.29 is 34.2 Å². The molecule has 0 saturated carbocycles. The van der Waals surface area contributed by atoms with Gasteiger partial charge in [0, 0.05) is 32.0 Å². The molecule has 0 radical (unpaired) electrons. The third-order valence-electron chi connectivity index (χ3n) is 6.41. The van der Waals surface area contributed by atoms with E-state index in [9.17, 15) is 29.1 Å². The van der Waals surface area contributed by atoms with Crippen LogP contribution in [-0.4, -0.2) is 77.0 Å². The summed E-state index contributed by atoms with van der Waals surface area (Å²) >= 11 is 0. The Labute approximate surface area is 242 Å². The Morgan fingerprint density at radius 2 is 1.22 bits per heavy atom. The van der Waals surface area contributed by atoms with E-state index in [1.54, 1.807) is 0 Å². The van der Waals surface area contributed by atoms with Gasteiger partial charge in [0.1, 0.15) is 12.1 Å². The van der Waals surface area contributed by atoms with Gasteiger partial charge in [-0.2, -0.15) is 5.10 Å². The van der Waals surface area contributed by atoms with E-state index < -0.39 is 35.8 Å². The number of carboxylic acids is 2. The number of nitrogens with two attached hydrogens (primary N) is 3. The van der Waals surface area contributed by atoms with Crippen LogP contribution in [0, 0.1) is 0 Å². The third kappa shape index (κ3) is 21.9. The molecule has 10 N–H and O–H groups in total. The Bertz CT molecular complexity index is 865. The quantitative estimate of drug-likeness (QED) is 0.0333. The minimum absolute atomic E-state index is 0.0426. The highest BCUT2D eigenvalue weighted by molar-refractivity contribution is 6.31. The molecular formula is C27H49N7O7. The number of carboxylic acid groups (broad SMARTS) is 2. The van der Waals surface area contributed by atoms with Crippen molar-refractivity contribution in [2.75, 3.05) is 13.1 Å². The Morgan fingerprint density at radius 1 is 0.732 bits per heavy atom. The van der Waals surface area contributed by atoms with Crippen molar-refractivity contribution in [1.82, 2.24) is 10.6 Å². The Morgan fingerprint density at radius 3 is 1.66 bits per heavy atom. The van der Waals surface area contributed by atoms with Gasteiger partial charge in [-0.05, 0) is 19.3 Å². The summed E-state index contributed by atoms with van der Waals surface area (Å²) in [6, 6.07) is -2.18. The molecule has 0 aromatic rings. The Kier molecular flexibility index (Phi) is 22.2. The second-order valence-electron chi connectivity index (χ2n) is 9.97. The topological polar surface area (TPSA) is 253 Å². The van der Waals surface area contributed by atoms with Gasteiger partial charge in [-0.1, -0.05) is 64.2 Å². The minimum atomic E-state index is -1.17. The van der Waals surface area contributed by atoms with Crippen molar-refractivity contribution in [3.8, 4) is 0 Å². The number of primary amides is 1. The molecule has 0 aromatic heterocycles. The zero-order chi connectivity index (χ0) is 30.9. The number of hydrazone groups is 1. The second-order valence-corrected chi connectivity index (χ2v) is 9.97. The van der Waals surface area contributed by atoms with Crippen molar-refractivity contribution in [2.24, 2.45) is 27.4 Å². The van der Waals surface area contributed by atoms with Crippen LogP contribution in [0.15, 0.2) is 10.1 Å². The Balaban J connectivity index is 4.11. The highest BCUT2D eigenvalue weighted by Gasteiger charge is 2.20. The summed E-state index contributed by atoms with van der Waals surface area (Å²) in [6.45, 7) is -0.269. The van der Waals surface area contributed by atoms with Crippen molar-refractivity contribution in [2.45, 2.75) is 115 Å². The summed E-state index contributed by atoms with van der Waals surface area (Å²) < 4.78 is 0. The number of rotatable bonds is 26. The van der Waals surface area contributed by atoms with Gasteiger partial charge in [-0.15, -0.1) is 0 Å². The van der Waals surface area contributed by atoms with Crippen LogP contribution in [0.25, 0.3) is 0 Å². The molecule has 0 heterocycles. The number of aliphatic imine (C=N–C) groups is 1.